The van der Waals surface area contributed by atoms with Crippen LogP contribution in [0.1, 0.15) is 24.8 Å². The smallest absolute Gasteiger partial charge is 0.222 e. The predicted octanol–water partition coefficient (Wildman–Crippen LogP) is 4.00. The van der Waals surface area contributed by atoms with Crippen molar-refractivity contribution in [2.45, 2.75) is 31.7 Å². The quantitative estimate of drug-likeness (QED) is 0.717. The third-order valence-electron chi connectivity index (χ3n) is 6.03. The molecule has 1 amide bonds. The van der Waals surface area contributed by atoms with Gasteiger partial charge in [0.2, 0.25) is 5.91 Å². The molecule has 1 N–H and O–H groups in total. The number of piperidine rings is 1. The van der Waals surface area contributed by atoms with Crippen molar-refractivity contribution in [3.05, 3.63) is 66.5 Å². The SMILES string of the molecule is CN(C(=O)CCc1ccc2ccccc2c1O)C1CCN(c2ccncc2)CC1. The molecule has 2 aromatic carbocycles. The summed E-state index contributed by atoms with van der Waals surface area (Å²) in [5.74, 6) is 0.434. The Hall–Kier alpha value is -3.08. The maximum atomic E-state index is 12.8. The Labute approximate surface area is 171 Å². The van der Waals surface area contributed by atoms with Crippen LogP contribution >= 0.6 is 0 Å². The highest BCUT2D eigenvalue weighted by Gasteiger charge is 2.25. The van der Waals surface area contributed by atoms with Crippen molar-refractivity contribution in [1.82, 2.24) is 9.88 Å². The summed E-state index contributed by atoms with van der Waals surface area (Å²) in [6.45, 7) is 1.88. The molecule has 4 rings (SSSR count). The molecule has 5 nitrogen and oxygen atoms in total. The van der Waals surface area contributed by atoms with Crippen molar-refractivity contribution in [2.24, 2.45) is 0 Å². The van der Waals surface area contributed by atoms with E-state index in [9.17, 15) is 9.90 Å². The van der Waals surface area contributed by atoms with Crippen LogP contribution in [0.15, 0.2) is 60.9 Å². The number of hydrogen-bond acceptors (Lipinski definition) is 4. The van der Waals surface area contributed by atoms with Crippen LogP contribution in [0, 0.1) is 0 Å². The second-order valence-corrected chi connectivity index (χ2v) is 7.72. The lowest BCUT2D eigenvalue weighted by Gasteiger charge is -2.38. The molecule has 150 valence electrons. The van der Waals surface area contributed by atoms with Crippen molar-refractivity contribution >= 4 is 22.4 Å². The number of benzene rings is 2. The zero-order valence-corrected chi connectivity index (χ0v) is 16.8. The summed E-state index contributed by atoms with van der Waals surface area (Å²) in [7, 11) is 1.91. The fourth-order valence-corrected chi connectivity index (χ4v) is 4.19. The molecule has 5 heteroatoms. The molecule has 1 aliphatic heterocycles. The first-order valence-electron chi connectivity index (χ1n) is 10.2. The molecular weight excluding hydrogens is 362 g/mol. The number of hydrogen-bond donors (Lipinski definition) is 1. The molecule has 0 aliphatic carbocycles. The van der Waals surface area contributed by atoms with E-state index in [1.807, 2.05) is 72.9 Å². The van der Waals surface area contributed by atoms with E-state index in [1.54, 1.807) is 0 Å². The molecule has 3 aromatic rings. The normalized spacial score (nSPS) is 14.9. The van der Waals surface area contributed by atoms with Gasteiger partial charge in [0.15, 0.2) is 0 Å². The first-order chi connectivity index (χ1) is 14.1. The maximum absolute atomic E-state index is 12.8. The molecule has 0 bridgehead atoms. The number of fused-ring (bicyclic) bond motifs is 1. The second kappa shape index (κ2) is 8.52. The summed E-state index contributed by atoms with van der Waals surface area (Å²) < 4.78 is 0. The van der Waals surface area contributed by atoms with E-state index >= 15 is 0 Å². The van der Waals surface area contributed by atoms with Crippen molar-refractivity contribution in [1.29, 1.82) is 0 Å². The molecule has 0 unspecified atom stereocenters. The number of amides is 1. The Balaban J connectivity index is 1.33. The number of pyridine rings is 1. The Kier molecular flexibility index (Phi) is 5.65. The van der Waals surface area contributed by atoms with Gasteiger partial charge in [-0.3, -0.25) is 9.78 Å². The summed E-state index contributed by atoms with van der Waals surface area (Å²) in [4.78, 5) is 21.1. The minimum absolute atomic E-state index is 0.139. The van der Waals surface area contributed by atoms with Gasteiger partial charge in [0.05, 0.1) is 0 Å². The standard InChI is InChI=1S/C24H27N3O2/c1-26(20-12-16-27(17-13-20)21-10-14-25-15-11-21)23(28)9-8-19-7-6-18-4-2-3-5-22(18)24(19)29/h2-7,10-11,14-15,20,29H,8-9,12-13,16-17H2,1H3. The van der Waals surface area contributed by atoms with Crippen LogP contribution in [0.3, 0.4) is 0 Å². The van der Waals surface area contributed by atoms with Gasteiger partial charge in [-0.15, -0.1) is 0 Å². The number of phenols is 1. The van der Waals surface area contributed by atoms with Gasteiger partial charge in [-0.05, 0) is 42.3 Å². The minimum atomic E-state index is 0.139. The van der Waals surface area contributed by atoms with Crippen LogP contribution in [0.2, 0.25) is 0 Å². The van der Waals surface area contributed by atoms with Gasteiger partial charge in [-0.1, -0.05) is 36.4 Å². The molecule has 1 fully saturated rings. The zero-order valence-electron chi connectivity index (χ0n) is 16.8. The fourth-order valence-electron chi connectivity index (χ4n) is 4.19. The molecular formula is C24H27N3O2. The van der Waals surface area contributed by atoms with Crippen LogP contribution < -0.4 is 4.90 Å². The van der Waals surface area contributed by atoms with Gasteiger partial charge in [0.25, 0.3) is 0 Å². The maximum Gasteiger partial charge on any atom is 0.222 e. The molecule has 1 saturated heterocycles. The van der Waals surface area contributed by atoms with Gasteiger partial charge < -0.3 is 14.9 Å². The summed E-state index contributed by atoms with van der Waals surface area (Å²) in [5.41, 5.74) is 2.03. The number of nitrogens with zero attached hydrogens (tertiary/aromatic N) is 3. The summed E-state index contributed by atoms with van der Waals surface area (Å²) >= 11 is 0. The van der Waals surface area contributed by atoms with E-state index in [2.05, 4.69) is 9.88 Å². The van der Waals surface area contributed by atoms with Gasteiger partial charge >= 0.3 is 0 Å². The molecule has 0 saturated carbocycles. The summed E-state index contributed by atoms with van der Waals surface area (Å²) in [6, 6.07) is 16.0. The predicted molar refractivity (Wildman–Crippen MR) is 116 cm³/mol. The van der Waals surface area contributed by atoms with Gasteiger partial charge in [-0.2, -0.15) is 0 Å². The van der Waals surface area contributed by atoms with E-state index in [4.69, 9.17) is 0 Å². The highest BCUT2D eigenvalue weighted by Crippen LogP contribution is 2.29. The van der Waals surface area contributed by atoms with Crippen molar-refractivity contribution in [2.75, 3.05) is 25.0 Å². The van der Waals surface area contributed by atoms with Crippen molar-refractivity contribution in [3.8, 4) is 5.75 Å². The third-order valence-corrected chi connectivity index (χ3v) is 6.03. The highest BCUT2D eigenvalue weighted by molar-refractivity contribution is 5.89. The Morgan fingerprint density at radius 2 is 1.83 bits per heavy atom. The number of carbonyl (C=O) groups is 1. The van der Waals surface area contributed by atoms with E-state index in [-0.39, 0.29) is 11.9 Å². The molecule has 0 atom stereocenters. The van der Waals surface area contributed by atoms with Crippen LogP contribution in [0.5, 0.6) is 5.75 Å². The number of carbonyl (C=O) groups excluding carboxylic acids is 1. The monoisotopic (exact) mass is 389 g/mol. The van der Waals surface area contributed by atoms with Crippen LogP contribution in [0.25, 0.3) is 10.8 Å². The van der Waals surface area contributed by atoms with E-state index < -0.39 is 0 Å². The fraction of sp³-hybridized carbons (Fsp3) is 0.333. The Bertz CT molecular complexity index is 982. The molecule has 1 aromatic heterocycles. The number of phenolic OH excluding ortho intramolecular Hbond substituents is 1. The first kappa shape index (κ1) is 19.2. The number of aromatic nitrogens is 1. The Morgan fingerprint density at radius 3 is 2.59 bits per heavy atom. The number of rotatable bonds is 5. The zero-order chi connectivity index (χ0) is 20.2. The minimum Gasteiger partial charge on any atom is -0.507 e. The van der Waals surface area contributed by atoms with Gasteiger partial charge in [0.1, 0.15) is 5.75 Å². The average molecular weight is 389 g/mol. The van der Waals surface area contributed by atoms with E-state index in [0.717, 1.165) is 42.3 Å². The average Bonchev–Trinajstić information content (AvgIpc) is 2.79. The largest absolute Gasteiger partial charge is 0.507 e. The summed E-state index contributed by atoms with van der Waals surface area (Å²) in [5, 5.41) is 12.4. The van der Waals surface area contributed by atoms with Gasteiger partial charge in [-0.25, -0.2) is 0 Å². The molecule has 29 heavy (non-hydrogen) atoms. The van der Waals surface area contributed by atoms with E-state index in [0.29, 0.717) is 18.6 Å². The lowest BCUT2D eigenvalue weighted by atomic mass is 10.0. The van der Waals surface area contributed by atoms with Crippen molar-refractivity contribution in [3.63, 3.8) is 0 Å². The van der Waals surface area contributed by atoms with E-state index in [1.165, 1.54) is 5.69 Å². The molecule has 0 spiro atoms. The molecule has 1 aliphatic rings. The number of aromatic hydroxyl groups is 1. The van der Waals surface area contributed by atoms with Crippen LogP contribution in [-0.2, 0) is 11.2 Å². The lowest BCUT2D eigenvalue weighted by Crippen LogP contribution is -2.45. The number of anilines is 1. The topological polar surface area (TPSA) is 56.7 Å². The first-order valence-corrected chi connectivity index (χ1v) is 10.2. The molecule has 2 heterocycles. The summed E-state index contributed by atoms with van der Waals surface area (Å²) in [6.07, 6.45) is 6.53. The second-order valence-electron chi connectivity index (χ2n) is 7.72. The third kappa shape index (κ3) is 4.19. The van der Waals surface area contributed by atoms with Crippen LogP contribution in [-0.4, -0.2) is 47.1 Å². The molecule has 0 radical (unpaired) electrons. The number of aryl methyl sites for hydroxylation is 1. The lowest BCUT2D eigenvalue weighted by molar-refractivity contribution is -0.132. The van der Waals surface area contributed by atoms with Gasteiger partial charge in [0, 0.05) is 56.1 Å². The Morgan fingerprint density at radius 1 is 1.10 bits per heavy atom. The highest BCUT2D eigenvalue weighted by atomic mass is 16.3. The van der Waals surface area contributed by atoms with Crippen LogP contribution in [0.4, 0.5) is 5.69 Å². The van der Waals surface area contributed by atoms with Crippen molar-refractivity contribution < 1.29 is 9.90 Å².